The summed E-state index contributed by atoms with van der Waals surface area (Å²) in [6.45, 7) is 3.61. The third-order valence-electron chi connectivity index (χ3n) is 4.72. The number of carbonyl (C=O) groups is 3. The summed E-state index contributed by atoms with van der Waals surface area (Å²) in [6.07, 6.45) is 0.0528. The molecule has 0 aromatic heterocycles. The molecule has 2 aromatic rings. The highest BCUT2D eigenvalue weighted by atomic mass is 35.5. The summed E-state index contributed by atoms with van der Waals surface area (Å²) in [5.41, 5.74) is 3.12. The molecule has 1 N–H and O–H groups in total. The van der Waals surface area contributed by atoms with E-state index >= 15 is 0 Å². The first kappa shape index (κ1) is 21.1. The lowest BCUT2D eigenvalue weighted by Gasteiger charge is -2.21. The third kappa shape index (κ3) is 4.89. The molecule has 2 aromatic carbocycles. The van der Waals surface area contributed by atoms with Gasteiger partial charge in [0, 0.05) is 23.7 Å². The Bertz CT molecular complexity index is 957. The van der Waals surface area contributed by atoms with Crippen LogP contribution in [0.2, 0.25) is 10.0 Å². The lowest BCUT2D eigenvalue weighted by atomic mass is 10.1. The average Bonchev–Trinajstić information content (AvgIpc) is 3.03. The number of esters is 1. The topological polar surface area (TPSA) is 75.7 Å². The monoisotopic (exact) mass is 434 g/mol. The fourth-order valence-corrected chi connectivity index (χ4v) is 3.80. The van der Waals surface area contributed by atoms with E-state index in [2.05, 4.69) is 5.32 Å². The number of para-hydroxylation sites is 1. The summed E-state index contributed by atoms with van der Waals surface area (Å²) in [6, 6.07) is 10.4. The van der Waals surface area contributed by atoms with E-state index in [1.165, 1.54) is 6.07 Å². The number of hydrogen-bond donors (Lipinski definition) is 1. The SMILES string of the molecule is Cc1cccc(C)c1N1C[C@H](C(=O)OCC(=O)Nc2ccc(Cl)cc2Cl)CC1=O. The van der Waals surface area contributed by atoms with Crippen molar-refractivity contribution < 1.29 is 19.1 Å². The van der Waals surface area contributed by atoms with Crippen molar-refractivity contribution in [2.24, 2.45) is 5.92 Å². The van der Waals surface area contributed by atoms with Crippen molar-refractivity contribution in [2.75, 3.05) is 23.4 Å². The van der Waals surface area contributed by atoms with Crippen LogP contribution in [0.15, 0.2) is 36.4 Å². The van der Waals surface area contributed by atoms with Gasteiger partial charge in [-0.1, -0.05) is 41.4 Å². The van der Waals surface area contributed by atoms with Crippen LogP contribution in [0.3, 0.4) is 0 Å². The van der Waals surface area contributed by atoms with Crippen LogP contribution in [0.1, 0.15) is 17.5 Å². The Kier molecular flexibility index (Phi) is 6.45. The third-order valence-corrected chi connectivity index (χ3v) is 5.27. The van der Waals surface area contributed by atoms with Gasteiger partial charge in [-0.05, 0) is 43.2 Å². The summed E-state index contributed by atoms with van der Waals surface area (Å²) < 4.78 is 5.12. The standard InChI is InChI=1S/C21H20Cl2N2O4/c1-12-4-3-5-13(2)20(12)25-10-14(8-19(25)27)21(28)29-11-18(26)24-17-7-6-15(22)9-16(17)23/h3-7,9,14H,8,10-11H2,1-2H3,(H,24,26)/t14-/m1/s1. The molecule has 1 aliphatic heterocycles. The Morgan fingerprint density at radius 2 is 1.86 bits per heavy atom. The van der Waals surface area contributed by atoms with Gasteiger partial charge in [0.2, 0.25) is 5.91 Å². The van der Waals surface area contributed by atoms with Crippen molar-refractivity contribution in [1.82, 2.24) is 0 Å². The van der Waals surface area contributed by atoms with Crippen molar-refractivity contribution in [2.45, 2.75) is 20.3 Å². The molecule has 0 radical (unpaired) electrons. The second kappa shape index (κ2) is 8.84. The Morgan fingerprint density at radius 1 is 1.17 bits per heavy atom. The molecule has 152 valence electrons. The van der Waals surface area contributed by atoms with Gasteiger partial charge < -0.3 is 15.0 Å². The van der Waals surface area contributed by atoms with Crippen LogP contribution in [0.5, 0.6) is 0 Å². The van der Waals surface area contributed by atoms with Gasteiger partial charge in [-0.3, -0.25) is 14.4 Å². The zero-order valence-corrected chi connectivity index (χ0v) is 17.5. The summed E-state index contributed by atoms with van der Waals surface area (Å²) in [4.78, 5) is 38.5. The van der Waals surface area contributed by atoms with Gasteiger partial charge in [-0.15, -0.1) is 0 Å². The van der Waals surface area contributed by atoms with E-state index in [-0.39, 0.29) is 23.9 Å². The van der Waals surface area contributed by atoms with Crippen molar-refractivity contribution in [3.63, 3.8) is 0 Å². The van der Waals surface area contributed by atoms with Gasteiger partial charge in [0.25, 0.3) is 5.91 Å². The van der Waals surface area contributed by atoms with Gasteiger partial charge in [0.1, 0.15) is 0 Å². The molecule has 1 heterocycles. The Balaban J connectivity index is 1.57. The van der Waals surface area contributed by atoms with E-state index < -0.39 is 24.4 Å². The molecule has 0 aliphatic carbocycles. The number of carbonyl (C=O) groups excluding carboxylic acids is 3. The van der Waals surface area contributed by atoms with Gasteiger partial charge in [0.05, 0.1) is 16.6 Å². The van der Waals surface area contributed by atoms with Crippen LogP contribution in [0.4, 0.5) is 11.4 Å². The Hall–Kier alpha value is -2.57. The molecule has 0 saturated carbocycles. The minimum absolute atomic E-state index is 0.0528. The summed E-state index contributed by atoms with van der Waals surface area (Å²) in [5, 5.41) is 3.28. The van der Waals surface area contributed by atoms with Crippen molar-refractivity contribution in [3.8, 4) is 0 Å². The highest BCUT2D eigenvalue weighted by Crippen LogP contribution is 2.31. The largest absolute Gasteiger partial charge is 0.455 e. The van der Waals surface area contributed by atoms with E-state index in [0.717, 1.165) is 16.8 Å². The zero-order valence-electron chi connectivity index (χ0n) is 16.0. The second-order valence-corrected chi connectivity index (χ2v) is 7.77. The lowest BCUT2D eigenvalue weighted by molar-refractivity contribution is -0.151. The fourth-order valence-electron chi connectivity index (χ4n) is 3.34. The maximum Gasteiger partial charge on any atom is 0.311 e. The van der Waals surface area contributed by atoms with Crippen LogP contribution in [-0.4, -0.2) is 30.9 Å². The highest BCUT2D eigenvalue weighted by Gasteiger charge is 2.37. The molecule has 0 bridgehead atoms. The van der Waals surface area contributed by atoms with E-state index in [0.29, 0.717) is 10.7 Å². The number of halogens is 2. The minimum Gasteiger partial charge on any atom is -0.455 e. The van der Waals surface area contributed by atoms with Gasteiger partial charge in [0.15, 0.2) is 6.61 Å². The zero-order chi connectivity index (χ0) is 21.1. The van der Waals surface area contributed by atoms with Gasteiger partial charge in [-0.2, -0.15) is 0 Å². The first-order valence-electron chi connectivity index (χ1n) is 9.04. The summed E-state index contributed by atoms with van der Waals surface area (Å²) in [7, 11) is 0. The molecule has 29 heavy (non-hydrogen) atoms. The quantitative estimate of drug-likeness (QED) is 0.717. The molecule has 1 saturated heterocycles. The van der Waals surface area contributed by atoms with Crippen LogP contribution in [0, 0.1) is 19.8 Å². The maximum absolute atomic E-state index is 12.5. The molecule has 8 heteroatoms. The number of nitrogens with zero attached hydrogens (tertiary/aromatic N) is 1. The maximum atomic E-state index is 12.5. The lowest BCUT2D eigenvalue weighted by Crippen LogP contribution is -2.29. The van der Waals surface area contributed by atoms with Crippen molar-refractivity contribution in [3.05, 3.63) is 57.6 Å². The molecule has 0 unspecified atom stereocenters. The van der Waals surface area contributed by atoms with Gasteiger partial charge >= 0.3 is 5.97 Å². The van der Waals surface area contributed by atoms with E-state index in [1.54, 1.807) is 17.0 Å². The van der Waals surface area contributed by atoms with Crippen LogP contribution >= 0.6 is 23.2 Å². The first-order valence-corrected chi connectivity index (χ1v) is 9.80. The first-order chi connectivity index (χ1) is 13.8. The van der Waals surface area contributed by atoms with Crippen LogP contribution in [0.25, 0.3) is 0 Å². The number of amides is 2. The predicted octanol–water partition coefficient (Wildman–Crippen LogP) is 4.15. The Morgan fingerprint density at radius 3 is 2.52 bits per heavy atom. The number of anilines is 2. The summed E-state index contributed by atoms with van der Waals surface area (Å²) >= 11 is 11.8. The van der Waals surface area contributed by atoms with Gasteiger partial charge in [-0.25, -0.2) is 0 Å². The smallest absolute Gasteiger partial charge is 0.311 e. The van der Waals surface area contributed by atoms with Crippen LogP contribution < -0.4 is 10.2 Å². The van der Waals surface area contributed by atoms with E-state index in [9.17, 15) is 14.4 Å². The number of nitrogens with one attached hydrogen (secondary N) is 1. The fraction of sp³-hybridized carbons (Fsp3) is 0.286. The molecule has 0 spiro atoms. The Labute approximate surface area is 178 Å². The number of benzene rings is 2. The average molecular weight is 435 g/mol. The molecule has 6 nitrogen and oxygen atoms in total. The number of rotatable bonds is 5. The minimum atomic E-state index is -0.617. The van der Waals surface area contributed by atoms with Crippen molar-refractivity contribution in [1.29, 1.82) is 0 Å². The number of hydrogen-bond acceptors (Lipinski definition) is 4. The molecular weight excluding hydrogens is 415 g/mol. The van der Waals surface area contributed by atoms with E-state index in [4.69, 9.17) is 27.9 Å². The highest BCUT2D eigenvalue weighted by molar-refractivity contribution is 6.36. The summed E-state index contributed by atoms with van der Waals surface area (Å²) in [5.74, 6) is -1.86. The molecule has 1 fully saturated rings. The van der Waals surface area contributed by atoms with Crippen molar-refractivity contribution >= 4 is 52.4 Å². The molecule has 1 atom stereocenters. The van der Waals surface area contributed by atoms with Crippen LogP contribution in [-0.2, 0) is 19.1 Å². The molecule has 3 rings (SSSR count). The molecule has 2 amide bonds. The molecular formula is C21H20Cl2N2O4. The molecule has 1 aliphatic rings. The predicted molar refractivity (Wildman–Crippen MR) is 112 cm³/mol. The second-order valence-electron chi connectivity index (χ2n) is 6.93. The number of ether oxygens (including phenoxy) is 1. The van der Waals surface area contributed by atoms with E-state index in [1.807, 2.05) is 32.0 Å². The number of aryl methyl sites for hydroxylation is 2. The normalized spacial score (nSPS) is 16.1.